The molecular weight excluding hydrogens is 350 g/mol. The Morgan fingerprint density at radius 3 is 2.62 bits per heavy atom. The SMILES string of the molecule is CN(C)Cc1cccc(NC(=O)c2cccc(N3CCCS3(=O)=O)c2)c1. The first-order valence-electron chi connectivity index (χ1n) is 8.51. The minimum absolute atomic E-state index is 0.155. The first-order valence-corrected chi connectivity index (χ1v) is 10.1. The van der Waals surface area contributed by atoms with Crippen LogP contribution in [0.2, 0.25) is 0 Å². The number of rotatable bonds is 5. The second kappa shape index (κ2) is 7.47. The van der Waals surface area contributed by atoms with Crippen molar-refractivity contribution in [3.63, 3.8) is 0 Å². The quantitative estimate of drug-likeness (QED) is 0.874. The highest BCUT2D eigenvalue weighted by Gasteiger charge is 2.28. The Bertz CT molecular complexity index is 910. The summed E-state index contributed by atoms with van der Waals surface area (Å²) in [5.41, 5.74) is 2.79. The predicted octanol–water partition coefficient (Wildman–Crippen LogP) is 2.54. The van der Waals surface area contributed by atoms with Crippen molar-refractivity contribution in [3.05, 3.63) is 59.7 Å². The number of benzene rings is 2. The molecule has 1 heterocycles. The second-order valence-corrected chi connectivity index (χ2v) is 8.70. The van der Waals surface area contributed by atoms with Crippen molar-refractivity contribution in [1.29, 1.82) is 0 Å². The van der Waals surface area contributed by atoms with Crippen molar-refractivity contribution < 1.29 is 13.2 Å². The van der Waals surface area contributed by atoms with Crippen molar-refractivity contribution in [2.45, 2.75) is 13.0 Å². The van der Waals surface area contributed by atoms with E-state index in [9.17, 15) is 13.2 Å². The van der Waals surface area contributed by atoms with Gasteiger partial charge in [-0.3, -0.25) is 9.10 Å². The Balaban J connectivity index is 1.78. The fraction of sp³-hybridized carbons (Fsp3) is 0.316. The van der Waals surface area contributed by atoms with E-state index < -0.39 is 10.0 Å². The maximum atomic E-state index is 12.6. The third-order valence-electron chi connectivity index (χ3n) is 4.18. The molecule has 1 aliphatic heterocycles. The maximum absolute atomic E-state index is 12.6. The number of hydrogen-bond donors (Lipinski definition) is 1. The molecule has 0 bridgehead atoms. The van der Waals surface area contributed by atoms with Crippen LogP contribution in [0.5, 0.6) is 0 Å². The fourth-order valence-electron chi connectivity index (χ4n) is 3.05. The lowest BCUT2D eigenvalue weighted by atomic mass is 10.1. The van der Waals surface area contributed by atoms with E-state index in [0.717, 1.165) is 12.1 Å². The van der Waals surface area contributed by atoms with E-state index in [1.165, 1.54) is 4.31 Å². The van der Waals surface area contributed by atoms with Gasteiger partial charge in [0, 0.05) is 24.3 Å². The van der Waals surface area contributed by atoms with Gasteiger partial charge in [-0.2, -0.15) is 0 Å². The van der Waals surface area contributed by atoms with Crippen molar-refractivity contribution in [3.8, 4) is 0 Å². The van der Waals surface area contributed by atoms with Crippen molar-refractivity contribution in [2.24, 2.45) is 0 Å². The van der Waals surface area contributed by atoms with E-state index in [1.807, 2.05) is 38.4 Å². The molecule has 26 heavy (non-hydrogen) atoms. The Labute approximate surface area is 154 Å². The topological polar surface area (TPSA) is 69.7 Å². The molecule has 0 atom stereocenters. The molecule has 0 radical (unpaired) electrons. The minimum Gasteiger partial charge on any atom is -0.322 e. The van der Waals surface area contributed by atoms with Crippen LogP contribution in [0.15, 0.2) is 48.5 Å². The monoisotopic (exact) mass is 373 g/mol. The van der Waals surface area contributed by atoms with Crippen molar-refractivity contribution >= 4 is 27.3 Å². The number of sulfonamides is 1. The van der Waals surface area contributed by atoms with Gasteiger partial charge in [-0.1, -0.05) is 18.2 Å². The molecule has 0 saturated carbocycles. The van der Waals surface area contributed by atoms with Gasteiger partial charge in [-0.05, 0) is 56.4 Å². The molecule has 7 heteroatoms. The smallest absolute Gasteiger partial charge is 0.255 e. The van der Waals surface area contributed by atoms with Gasteiger partial charge in [0.05, 0.1) is 11.4 Å². The van der Waals surface area contributed by atoms with Crippen LogP contribution in [0.3, 0.4) is 0 Å². The van der Waals surface area contributed by atoms with Gasteiger partial charge in [-0.25, -0.2) is 8.42 Å². The molecule has 0 unspecified atom stereocenters. The zero-order chi connectivity index (χ0) is 18.7. The highest BCUT2D eigenvalue weighted by molar-refractivity contribution is 7.93. The lowest BCUT2D eigenvalue weighted by Crippen LogP contribution is -2.25. The number of carbonyl (C=O) groups is 1. The van der Waals surface area contributed by atoms with Gasteiger partial charge in [-0.15, -0.1) is 0 Å². The number of nitrogens with one attached hydrogen (secondary N) is 1. The molecule has 3 rings (SSSR count). The summed E-state index contributed by atoms with van der Waals surface area (Å²) in [5.74, 6) is -0.104. The largest absolute Gasteiger partial charge is 0.322 e. The number of anilines is 2. The molecule has 1 aliphatic rings. The molecule has 2 aromatic rings. The van der Waals surface area contributed by atoms with Crippen LogP contribution < -0.4 is 9.62 Å². The first-order chi connectivity index (χ1) is 12.3. The highest BCUT2D eigenvalue weighted by Crippen LogP contribution is 2.25. The lowest BCUT2D eigenvalue weighted by molar-refractivity contribution is 0.102. The Kier molecular flexibility index (Phi) is 5.29. The highest BCUT2D eigenvalue weighted by atomic mass is 32.2. The van der Waals surface area contributed by atoms with Crippen LogP contribution in [-0.2, 0) is 16.6 Å². The van der Waals surface area contributed by atoms with E-state index >= 15 is 0 Å². The molecule has 0 aliphatic carbocycles. The van der Waals surface area contributed by atoms with Gasteiger partial charge < -0.3 is 10.2 Å². The lowest BCUT2D eigenvalue weighted by Gasteiger charge is -2.17. The molecule has 6 nitrogen and oxygen atoms in total. The normalized spacial score (nSPS) is 16.0. The van der Waals surface area contributed by atoms with Gasteiger partial charge in [0.1, 0.15) is 0 Å². The summed E-state index contributed by atoms with van der Waals surface area (Å²) in [6.45, 7) is 1.24. The van der Waals surface area contributed by atoms with Crippen LogP contribution in [0.1, 0.15) is 22.3 Å². The Morgan fingerprint density at radius 2 is 1.92 bits per heavy atom. The van der Waals surface area contributed by atoms with E-state index in [1.54, 1.807) is 24.3 Å². The molecule has 2 aromatic carbocycles. The molecule has 138 valence electrons. The molecule has 0 spiro atoms. The van der Waals surface area contributed by atoms with Crippen LogP contribution in [-0.4, -0.2) is 45.6 Å². The summed E-state index contributed by atoms with van der Waals surface area (Å²) in [4.78, 5) is 14.6. The maximum Gasteiger partial charge on any atom is 0.255 e. The summed E-state index contributed by atoms with van der Waals surface area (Å²) < 4.78 is 25.5. The van der Waals surface area contributed by atoms with Gasteiger partial charge in [0.25, 0.3) is 5.91 Å². The average Bonchev–Trinajstić information content (AvgIpc) is 2.94. The summed E-state index contributed by atoms with van der Waals surface area (Å²) in [5, 5.41) is 2.88. The van der Waals surface area contributed by atoms with Gasteiger partial charge in [0.15, 0.2) is 0 Å². The molecule has 1 N–H and O–H groups in total. The van der Waals surface area contributed by atoms with Gasteiger partial charge >= 0.3 is 0 Å². The summed E-state index contributed by atoms with van der Waals surface area (Å²) >= 11 is 0. The molecule has 1 saturated heterocycles. The zero-order valence-corrected chi connectivity index (χ0v) is 15.8. The van der Waals surface area contributed by atoms with Crippen LogP contribution in [0, 0.1) is 0 Å². The standard InChI is InChI=1S/C19H23N3O3S/c1-21(2)14-15-6-3-8-17(12-15)20-19(23)16-7-4-9-18(13-16)22-10-5-11-26(22,24)25/h3-4,6-9,12-13H,5,10-11,14H2,1-2H3,(H,20,23). The fourth-order valence-corrected chi connectivity index (χ4v) is 4.60. The average molecular weight is 373 g/mol. The van der Waals surface area contributed by atoms with Crippen LogP contribution in [0.25, 0.3) is 0 Å². The van der Waals surface area contributed by atoms with E-state index in [-0.39, 0.29) is 11.7 Å². The van der Waals surface area contributed by atoms with Crippen molar-refractivity contribution in [1.82, 2.24) is 4.90 Å². The van der Waals surface area contributed by atoms with Crippen LogP contribution in [0.4, 0.5) is 11.4 Å². The van der Waals surface area contributed by atoms with Crippen LogP contribution >= 0.6 is 0 Å². The predicted molar refractivity (Wildman–Crippen MR) is 104 cm³/mol. The zero-order valence-electron chi connectivity index (χ0n) is 15.0. The molecule has 0 aromatic heterocycles. The second-order valence-electron chi connectivity index (χ2n) is 6.68. The minimum atomic E-state index is -3.26. The summed E-state index contributed by atoms with van der Waals surface area (Å²) in [6, 6.07) is 14.4. The number of nitrogens with zero attached hydrogens (tertiary/aromatic N) is 2. The number of amides is 1. The Morgan fingerprint density at radius 1 is 1.15 bits per heavy atom. The van der Waals surface area contributed by atoms with Crippen molar-refractivity contribution in [2.75, 3.05) is 36.0 Å². The van der Waals surface area contributed by atoms with E-state index in [0.29, 0.717) is 29.9 Å². The van der Waals surface area contributed by atoms with Gasteiger partial charge in [0.2, 0.25) is 10.0 Å². The first kappa shape index (κ1) is 18.4. The third-order valence-corrected chi connectivity index (χ3v) is 6.05. The summed E-state index contributed by atoms with van der Waals surface area (Å²) in [7, 11) is 0.717. The summed E-state index contributed by atoms with van der Waals surface area (Å²) in [6.07, 6.45) is 0.609. The van der Waals surface area contributed by atoms with E-state index in [4.69, 9.17) is 0 Å². The van der Waals surface area contributed by atoms with E-state index in [2.05, 4.69) is 10.2 Å². The third kappa shape index (κ3) is 4.23. The number of carbonyl (C=O) groups excluding carboxylic acids is 1. The molecule has 1 fully saturated rings. The number of hydrogen-bond acceptors (Lipinski definition) is 4. The molecular formula is C19H23N3O3S. The Hall–Kier alpha value is -2.38. The molecule has 1 amide bonds.